The molecule has 1 aliphatic heterocycles. The quantitative estimate of drug-likeness (QED) is 0.488. The zero-order valence-electron chi connectivity index (χ0n) is 12.1. The highest BCUT2D eigenvalue weighted by molar-refractivity contribution is 4.86. The molecule has 2 heteroatoms. The number of quaternary nitrogens is 1. The molecule has 0 spiro atoms. The van der Waals surface area contributed by atoms with Gasteiger partial charge in [0.1, 0.15) is 0 Å². The molecule has 1 aliphatic rings. The fourth-order valence-electron chi connectivity index (χ4n) is 2.72. The summed E-state index contributed by atoms with van der Waals surface area (Å²) >= 11 is 0. The van der Waals surface area contributed by atoms with Gasteiger partial charge in [0.25, 0.3) is 0 Å². The van der Waals surface area contributed by atoms with E-state index in [1.807, 2.05) is 0 Å². The molecule has 100 valence electrons. The van der Waals surface area contributed by atoms with Crippen LogP contribution in [0, 0.1) is 0 Å². The Morgan fingerprint density at radius 3 is 2.00 bits per heavy atom. The van der Waals surface area contributed by atoms with Crippen molar-refractivity contribution >= 4 is 0 Å². The van der Waals surface area contributed by atoms with Crippen molar-refractivity contribution in [1.82, 2.24) is 4.90 Å². The van der Waals surface area contributed by atoms with Gasteiger partial charge in [0, 0.05) is 6.54 Å². The minimum Gasteiger partial charge on any atom is -0.321 e. The molecule has 0 unspecified atom stereocenters. The normalized spacial score (nSPS) is 19.0. The van der Waals surface area contributed by atoms with Gasteiger partial charge in [-0.25, -0.2) is 0 Å². The molecule has 0 atom stereocenters. The molecule has 0 aromatic rings. The Labute approximate surface area is 108 Å². The molecule has 0 aromatic carbocycles. The third-order valence-corrected chi connectivity index (χ3v) is 4.48. The monoisotopic (exact) mass is 239 g/mol. The van der Waals surface area contributed by atoms with E-state index in [2.05, 4.69) is 37.8 Å². The van der Waals surface area contributed by atoms with E-state index in [-0.39, 0.29) is 0 Å². The Morgan fingerprint density at radius 2 is 1.47 bits per heavy atom. The number of piperidine rings is 1. The molecule has 0 N–H and O–H groups in total. The van der Waals surface area contributed by atoms with E-state index >= 15 is 0 Å². The summed E-state index contributed by atoms with van der Waals surface area (Å²) in [5.41, 5.74) is 0. The summed E-state index contributed by atoms with van der Waals surface area (Å²) in [6.45, 7) is 15.7. The average Bonchev–Trinajstić information content (AvgIpc) is 2.41. The van der Waals surface area contributed by atoms with Gasteiger partial charge >= 0.3 is 0 Å². The molecule has 1 fully saturated rings. The van der Waals surface area contributed by atoms with Gasteiger partial charge in [0.05, 0.1) is 26.2 Å². The Hall–Kier alpha value is -0.340. The molecule has 0 amide bonds. The summed E-state index contributed by atoms with van der Waals surface area (Å²) in [5, 5.41) is 0. The molecule has 1 rings (SSSR count). The summed E-state index contributed by atoms with van der Waals surface area (Å²) in [6.07, 6.45) is 9.02. The van der Waals surface area contributed by atoms with E-state index in [9.17, 15) is 0 Å². The maximum absolute atomic E-state index is 2.58. The van der Waals surface area contributed by atoms with Gasteiger partial charge in [-0.15, -0.1) is 0 Å². The first-order valence-electron chi connectivity index (χ1n) is 7.48. The first-order valence-corrected chi connectivity index (χ1v) is 7.48. The summed E-state index contributed by atoms with van der Waals surface area (Å²) < 4.78 is 1.23. The van der Waals surface area contributed by atoms with Crippen molar-refractivity contribution in [1.29, 1.82) is 0 Å². The van der Waals surface area contributed by atoms with Gasteiger partial charge in [-0.05, 0) is 52.8 Å². The Kier molecular flexibility index (Phi) is 6.83. The van der Waals surface area contributed by atoms with Crippen LogP contribution in [0.15, 0.2) is 12.2 Å². The fourth-order valence-corrected chi connectivity index (χ4v) is 2.72. The molecule has 1 saturated heterocycles. The summed E-state index contributed by atoms with van der Waals surface area (Å²) in [5.74, 6) is 0. The van der Waals surface area contributed by atoms with Gasteiger partial charge in [-0.3, -0.25) is 4.90 Å². The molecule has 17 heavy (non-hydrogen) atoms. The number of nitrogens with zero attached hydrogens (tertiary/aromatic N) is 2. The average molecular weight is 239 g/mol. The molecule has 0 aliphatic carbocycles. The Balaban J connectivity index is 2.27. The van der Waals surface area contributed by atoms with Crippen LogP contribution in [0.3, 0.4) is 0 Å². The highest BCUT2D eigenvalue weighted by Gasteiger charge is 2.18. The van der Waals surface area contributed by atoms with Crippen molar-refractivity contribution in [3.05, 3.63) is 12.2 Å². The van der Waals surface area contributed by atoms with Crippen molar-refractivity contribution < 1.29 is 4.48 Å². The van der Waals surface area contributed by atoms with E-state index in [4.69, 9.17) is 0 Å². The predicted octanol–water partition coefficient (Wildman–Crippen LogP) is 2.91. The van der Waals surface area contributed by atoms with E-state index in [1.54, 1.807) is 0 Å². The van der Waals surface area contributed by atoms with Gasteiger partial charge in [-0.1, -0.05) is 12.5 Å². The van der Waals surface area contributed by atoms with Crippen LogP contribution < -0.4 is 0 Å². The van der Waals surface area contributed by atoms with Crippen molar-refractivity contribution in [3.63, 3.8) is 0 Å². The molecule has 0 aromatic heterocycles. The second-order valence-corrected chi connectivity index (χ2v) is 5.31. The number of hydrogen-bond acceptors (Lipinski definition) is 1. The van der Waals surface area contributed by atoms with Crippen LogP contribution >= 0.6 is 0 Å². The Bertz CT molecular complexity index is 205. The summed E-state index contributed by atoms with van der Waals surface area (Å²) in [4.78, 5) is 2.58. The lowest BCUT2D eigenvalue weighted by Crippen LogP contribution is -2.47. The van der Waals surface area contributed by atoms with Gasteiger partial charge in [0.15, 0.2) is 0 Å². The lowest BCUT2D eigenvalue weighted by atomic mass is 10.1. The van der Waals surface area contributed by atoms with Crippen molar-refractivity contribution in [2.24, 2.45) is 0 Å². The van der Waals surface area contributed by atoms with Gasteiger partial charge in [0.2, 0.25) is 0 Å². The van der Waals surface area contributed by atoms with Crippen LogP contribution in [0.2, 0.25) is 0 Å². The second-order valence-electron chi connectivity index (χ2n) is 5.31. The first-order chi connectivity index (χ1) is 8.26. The second kappa shape index (κ2) is 7.88. The SMILES string of the molecule is CC[N+](CC)(CC)C/C=C/CN1CCCCC1. The summed E-state index contributed by atoms with van der Waals surface area (Å²) in [6, 6.07) is 0. The minimum atomic E-state index is 1.16. The maximum atomic E-state index is 2.58. The third-order valence-electron chi connectivity index (χ3n) is 4.48. The minimum absolute atomic E-state index is 1.16. The molecule has 1 heterocycles. The molecular formula is C15H31N2+. The lowest BCUT2D eigenvalue weighted by molar-refractivity contribution is -0.917. The zero-order valence-corrected chi connectivity index (χ0v) is 12.1. The van der Waals surface area contributed by atoms with Gasteiger partial charge < -0.3 is 4.48 Å². The molecule has 0 radical (unpaired) electrons. The largest absolute Gasteiger partial charge is 0.321 e. The summed E-state index contributed by atoms with van der Waals surface area (Å²) in [7, 11) is 0. The number of hydrogen-bond donors (Lipinski definition) is 0. The first kappa shape index (κ1) is 14.7. The van der Waals surface area contributed by atoms with Crippen LogP contribution in [0.4, 0.5) is 0 Å². The molecular weight excluding hydrogens is 208 g/mol. The highest BCUT2D eigenvalue weighted by Crippen LogP contribution is 2.09. The number of likely N-dealkylation sites (tertiary alicyclic amines) is 1. The standard InChI is InChI=1S/C15H31N2/c1-4-17(5-2,6-3)15-11-10-14-16-12-8-7-9-13-16/h10-11H,4-9,12-15H2,1-3H3/q+1/b11-10+. The maximum Gasteiger partial charge on any atom is 0.0973 e. The van der Waals surface area contributed by atoms with Crippen LogP contribution in [-0.2, 0) is 0 Å². The number of likely N-dealkylation sites (N-methyl/N-ethyl adjacent to an activating group) is 1. The van der Waals surface area contributed by atoms with E-state index in [1.165, 1.54) is 63.0 Å². The van der Waals surface area contributed by atoms with Crippen molar-refractivity contribution in [2.45, 2.75) is 40.0 Å². The zero-order chi connectivity index (χ0) is 12.6. The van der Waals surface area contributed by atoms with Crippen LogP contribution in [0.1, 0.15) is 40.0 Å². The fraction of sp³-hybridized carbons (Fsp3) is 0.867. The molecule has 0 bridgehead atoms. The van der Waals surface area contributed by atoms with Crippen LogP contribution in [-0.4, -0.2) is 55.2 Å². The van der Waals surface area contributed by atoms with E-state index < -0.39 is 0 Å². The highest BCUT2D eigenvalue weighted by atomic mass is 15.3. The number of rotatable bonds is 7. The predicted molar refractivity (Wildman–Crippen MR) is 76.2 cm³/mol. The lowest BCUT2D eigenvalue weighted by Gasteiger charge is -2.34. The Morgan fingerprint density at radius 1 is 0.882 bits per heavy atom. The van der Waals surface area contributed by atoms with Crippen molar-refractivity contribution in [3.8, 4) is 0 Å². The van der Waals surface area contributed by atoms with Crippen molar-refractivity contribution in [2.75, 3.05) is 45.8 Å². The van der Waals surface area contributed by atoms with E-state index in [0.29, 0.717) is 0 Å². The molecule has 2 nitrogen and oxygen atoms in total. The van der Waals surface area contributed by atoms with E-state index in [0.717, 1.165) is 6.54 Å². The third kappa shape index (κ3) is 4.81. The van der Waals surface area contributed by atoms with Gasteiger partial charge in [-0.2, -0.15) is 0 Å². The van der Waals surface area contributed by atoms with Crippen LogP contribution in [0.25, 0.3) is 0 Å². The van der Waals surface area contributed by atoms with Crippen LogP contribution in [0.5, 0.6) is 0 Å². The molecule has 0 saturated carbocycles. The smallest absolute Gasteiger partial charge is 0.0973 e. The topological polar surface area (TPSA) is 3.24 Å².